The first kappa shape index (κ1) is 45.6. The van der Waals surface area contributed by atoms with Crippen LogP contribution >= 0.6 is 0 Å². The van der Waals surface area contributed by atoms with E-state index in [0.29, 0.717) is 6.42 Å². The molecule has 0 bridgehead atoms. The van der Waals surface area contributed by atoms with E-state index in [1.165, 1.54) is 12.8 Å². The highest BCUT2D eigenvalue weighted by Gasteiger charge is 2.50. The summed E-state index contributed by atoms with van der Waals surface area (Å²) < 4.78 is 22.4. The summed E-state index contributed by atoms with van der Waals surface area (Å²) in [5.74, 6) is -0.260. The number of carbonyl (C=O) groups is 1. The lowest BCUT2D eigenvalue weighted by Gasteiger charge is -2.46. The van der Waals surface area contributed by atoms with Gasteiger partial charge >= 0.3 is 0 Å². The van der Waals surface area contributed by atoms with Crippen molar-refractivity contribution in [2.75, 3.05) is 19.8 Å². The van der Waals surface area contributed by atoms with Gasteiger partial charge in [0.1, 0.15) is 48.8 Å². The molecule has 2 aliphatic heterocycles. The average Bonchev–Trinajstić information content (AvgIpc) is 3.12. The van der Waals surface area contributed by atoms with Crippen LogP contribution in [0.4, 0.5) is 0 Å². The van der Waals surface area contributed by atoms with Gasteiger partial charge < -0.3 is 65.1 Å². The van der Waals surface area contributed by atoms with Gasteiger partial charge in [-0.1, -0.05) is 89.5 Å². The van der Waals surface area contributed by atoms with Gasteiger partial charge in [0.05, 0.1) is 32.0 Å². The second-order valence-corrected chi connectivity index (χ2v) is 13.7. The third kappa shape index (κ3) is 16.2. The van der Waals surface area contributed by atoms with Crippen LogP contribution in [0.5, 0.6) is 0 Å². The van der Waals surface area contributed by atoms with Crippen LogP contribution in [0.3, 0.4) is 0 Å². The number of hydrogen-bond donors (Lipinski definition) is 9. The molecule has 51 heavy (non-hydrogen) atoms. The zero-order valence-corrected chi connectivity index (χ0v) is 30.6. The Balaban J connectivity index is 1.95. The standard InChI is InChI=1S/C37H67NO13/c1-3-5-7-9-11-12-13-14-15-17-19-21-29(42)38-25(26(41)20-18-16-10-8-6-4-2)24-48-36-34(47)32(45)35(28(23-40)50-36)51-37-33(46)31(44)30(43)27(22-39)49-37/h9,11,18,20,25-28,30-37,39-41,43-47H,3-8,10,12-17,19,21-24H2,1-2H3,(H,38,42)/b11-9-,20-18+. The van der Waals surface area contributed by atoms with E-state index in [4.69, 9.17) is 18.9 Å². The van der Waals surface area contributed by atoms with E-state index in [1.54, 1.807) is 6.08 Å². The normalized spacial score (nSPS) is 31.3. The maximum atomic E-state index is 12.9. The van der Waals surface area contributed by atoms with E-state index >= 15 is 0 Å². The summed E-state index contributed by atoms with van der Waals surface area (Å²) in [6, 6.07) is -0.910. The SMILES string of the molecule is CCCC/C=C\CCCCCCCC(=O)NC(COC1OC(CO)C(OC2OC(CO)C(O)C(O)C2O)C(O)C1O)C(O)/C=C/CCCCCC. The second kappa shape index (κ2) is 26.3. The van der Waals surface area contributed by atoms with Gasteiger partial charge in [0.2, 0.25) is 5.91 Å². The van der Waals surface area contributed by atoms with Crippen LogP contribution in [0.25, 0.3) is 0 Å². The number of aliphatic hydroxyl groups excluding tert-OH is 8. The van der Waals surface area contributed by atoms with Gasteiger partial charge in [0, 0.05) is 6.42 Å². The van der Waals surface area contributed by atoms with Crippen LogP contribution < -0.4 is 5.32 Å². The van der Waals surface area contributed by atoms with E-state index in [1.807, 2.05) is 6.08 Å². The molecule has 0 saturated carbocycles. The maximum Gasteiger partial charge on any atom is 0.220 e. The topological polar surface area (TPSA) is 228 Å². The molecule has 0 aromatic rings. The van der Waals surface area contributed by atoms with Crippen LogP contribution in [0.15, 0.2) is 24.3 Å². The molecule has 0 aromatic carbocycles. The fourth-order valence-electron chi connectivity index (χ4n) is 6.09. The lowest BCUT2D eigenvalue weighted by Crippen LogP contribution is -2.65. The zero-order chi connectivity index (χ0) is 37.6. The molecule has 14 heteroatoms. The predicted molar refractivity (Wildman–Crippen MR) is 189 cm³/mol. The van der Waals surface area contributed by atoms with Gasteiger partial charge in [-0.25, -0.2) is 0 Å². The van der Waals surface area contributed by atoms with Crippen molar-refractivity contribution in [2.45, 2.75) is 184 Å². The molecule has 2 heterocycles. The number of aliphatic hydroxyl groups is 8. The van der Waals surface area contributed by atoms with E-state index < -0.39 is 86.8 Å². The summed E-state index contributed by atoms with van der Waals surface area (Å²) in [4.78, 5) is 12.9. The summed E-state index contributed by atoms with van der Waals surface area (Å²) in [5.41, 5.74) is 0. The number of rotatable bonds is 26. The first-order chi connectivity index (χ1) is 24.6. The van der Waals surface area contributed by atoms with Crippen molar-refractivity contribution >= 4 is 5.91 Å². The number of amides is 1. The first-order valence-electron chi connectivity index (χ1n) is 19.1. The van der Waals surface area contributed by atoms with Crippen molar-refractivity contribution in [1.29, 1.82) is 0 Å². The molecule has 0 aliphatic carbocycles. The van der Waals surface area contributed by atoms with Gasteiger partial charge in [0.25, 0.3) is 0 Å². The van der Waals surface area contributed by atoms with Gasteiger partial charge in [-0.15, -0.1) is 0 Å². The molecule has 12 unspecified atom stereocenters. The molecule has 2 fully saturated rings. The Bertz CT molecular complexity index is 967. The third-order valence-corrected chi connectivity index (χ3v) is 9.38. The summed E-state index contributed by atoms with van der Waals surface area (Å²) in [7, 11) is 0. The number of ether oxygens (including phenoxy) is 4. The molecular weight excluding hydrogens is 666 g/mol. The molecule has 9 N–H and O–H groups in total. The lowest BCUT2D eigenvalue weighted by molar-refractivity contribution is -0.359. The Hall–Kier alpha value is -1.53. The van der Waals surface area contributed by atoms with Crippen molar-refractivity contribution in [2.24, 2.45) is 0 Å². The smallest absolute Gasteiger partial charge is 0.220 e. The van der Waals surface area contributed by atoms with Crippen LogP contribution in [0.2, 0.25) is 0 Å². The molecule has 0 radical (unpaired) electrons. The van der Waals surface area contributed by atoms with Crippen molar-refractivity contribution in [3.8, 4) is 0 Å². The summed E-state index contributed by atoms with van der Waals surface area (Å²) >= 11 is 0. The van der Waals surface area contributed by atoms with Gasteiger partial charge in [-0.05, 0) is 38.5 Å². The van der Waals surface area contributed by atoms with Gasteiger partial charge in [0.15, 0.2) is 12.6 Å². The summed E-state index contributed by atoms with van der Waals surface area (Å²) in [6.07, 6.45) is 5.72. The predicted octanol–water partition coefficient (Wildman–Crippen LogP) is 1.48. The minimum atomic E-state index is -1.78. The maximum absolute atomic E-state index is 12.9. The highest BCUT2D eigenvalue weighted by molar-refractivity contribution is 5.76. The molecule has 2 saturated heterocycles. The first-order valence-corrected chi connectivity index (χ1v) is 19.1. The molecule has 298 valence electrons. The number of hydrogen-bond acceptors (Lipinski definition) is 13. The Morgan fingerprint density at radius 3 is 1.92 bits per heavy atom. The monoisotopic (exact) mass is 733 g/mol. The zero-order valence-electron chi connectivity index (χ0n) is 30.6. The van der Waals surface area contributed by atoms with Crippen LogP contribution in [-0.2, 0) is 23.7 Å². The fourth-order valence-corrected chi connectivity index (χ4v) is 6.09. The van der Waals surface area contributed by atoms with Crippen molar-refractivity contribution in [3.05, 3.63) is 24.3 Å². The Labute approximate surface area is 303 Å². The molecule has 12 atom stereocenters. The molecule has 0 aromatic heterocycles. The molecule has 2 rings (SSSR count). The van der Waals surface area contributed by atoms with Crippen LogP contribution in [-0.4, -0.2) is 140 Å². The molecule has 2 aliphatic rings. The average molecular weight is 734 g/mol. The Morgan fingerprint density at radius 1 is 0.686 bits per heavy atom. The second-order valence-electron chi connectivity index (χ2n) is 13.7. The molecular formula is C37H67NO13. The van der Waals surface area contributed by atoms with Gasteiger partial charge in [-0.2, -0.15) is 0 Å². The van der Waals surface area contributed by atoms with Gasteiger partial charge in [-0.3, -0.25) is 4.79 Å². The summed E-state index contributed by atoms with van der Waals surface area (Å²) in [6.45, 7) is 2.59. The van der Waals surface area contributed by atoms with E-state index in [0.717, 1.165) is 70.6 Å². The number of carbonyl (C=O) groups excluding carboxylic acids is 1. The molecule has 1 amide bonds. The largest absolute Gasteiger partial charge is 0.394 e. The molecule has 0 spiro atoms. The van der Waals surface area contributed by atoms with Crippen molar-refractivity contribution < 1.29 is 64.6 Å². The van der Waals surface area contributed by atoms with Crippen molar-refractivity contribution in [1.82, 2.24) is 5.32 Å². The Kier molecular flexibility index (Phi) is 23.5. The van der Waals surface area contributed by atoms with Crippen LogP contribution in [0.1, 0.15) is 110 Å². The van der Waals surface area contributed by atoms with Crippen molar-refractivity contribution in [3.63, 3.8) is 0 Å². The number of nitrogens with one attached hydrogen (secondary N) is 1. The Morgan fingerprint density at radius 2 is 1.25 bits per heavy atom. The van der Waals surface area contributed by atoms with E-state index in [-0.39, 0.29) is 18.9 Å². The number of unbranched alkanes of at least 4 members (excludes halogenated alkanes) is 11. The van der Waals surface area contributed by atoms with Crippen LogP contribution in [0, 0.1) is 0 Å². The highest BCUT2D eigenvalue weighted by Crippen LogP contribution is 2.29. The highest BCUT2D eigenvalue weighted by atomic mass is 16.7. The van der Waals surface area contributed by atoms with E-state index in [9.17, 15) is 45.6 Å². The quantitative estimate of drug-likeness (QED) is 0.0454. The number of allylic oxidation sites excluding steroid dienone is 3. The lowest BCUT2D eigenvalue weighted by atomic mass is 9.97. The molecule has 14 nitrogen and oxygen atoms in total. The minimum absolute atomic E-state index is 0.260. The minimum Gasteiger partial charge on any atom is -0.394 e. The fraction of sp³-hybridized carbons (Fsp3) is 0.865. The van der Waals surface area contributed by atoms with E-state index in [2.05, 4.69) is 31.3 Å². The summed E-state index contributed by atoms with van der Waals surface area (Å²) in [5, 5.41) is 85.7. The third-order valence-electron chi connectivity index (χ3n) is 9.38.